The predicted octanol–water partition coefficient (Wildman–Crippen LogP) is 2.77. The van der Waals surface area contributed by atoms with Crippen LogP contribution in [-0.2, 0) is 6.54 Å². The van der Waals surface area contributed by atoms with E-state index in [-0.39, 0.29) is 6.04 Å². The summed E-state index contributed by atoms with van der Waals surface area (Å²) in [5.74, 6) is 0. The van der Waals surface area contributed by atoms with Crippen molar-refractivity contribution < 1.29 is 0 Å². The van der Waals surface area contributed by atoms with E-state index >= 15 is 0 Å². The lowest BCUT2D eigenvalue weighted by Crippen LogP contribution is -2.18. The van der Waals surface area contributed by atoms with Crippen molar-refractivity contribution in [3.63, 3.8) is 0 Å². The Hall–Kier alpha value is -1.20. The Balaban J connectivity index is 1.89. The van der Waals surface area contributed by atoms with Gasteiger partial charge in [-0.15, -0.1) is 11.3 Å². The van der Waals surface area contributed by atoms with Crippen LogP contribution in [0.2, 0.25) is 0 Å². The standard InChI is InChI=1S/C12H18N4S/c1-9(2)16-6-4-11(15-16)8-14-10(3)12-13-5-7-17-12/h4-7,9-10,14H,8H2,1-3H3. The monoisotopic (exact) mass is 250 g/mol. The molecule has 0 aromatic carbocycles. The van der Waals surface area contributed by atoms with E-state index in [1.807, 2.05) is 22.5 Å². The minimum Gasteiger partial charge on any atom is -0.302 e. The highest BCUT2D eigenvalue weighted by Gasteiger charge is 2.08. The predicted molar refractivity (Wildman–Crippen MR) is 70.0 cm³/mol. The van der Waals surface area contributed by atoms with Crippen LogP contribution in [0.25, 0.3) is 0 Å². The van der Waals surface area contributed by atoms with E-state index in [1.54, 1.807) is 11.3 Å². The maximum Gasteiger partial charge on any atom is 0.109 e. The van der Waals surface area contributed by atoms with Crippen molar-refractivity contribution in [3.8, 4) is 0 Å². The first-order chi connectivity index (χ1) is 8.16. The molecule has 92 valence electrons. The Bertz CT molecular complexity index is 447. The zero-order valence-corrected chi connectivity index (χ0v) is 11.2. The van der Waals surface area contributed by atoms with Gasteiger partial charge in [0.25, 0.3) is 0 Å². The van der Waals surface area contributed by atoms with Crippen molar-refractivity contribution in [1.29, 1.82) is 0 Å². The van der Waals surface area contributed by atoms with Gasteiger partial charge in [0.2, 0.25) is 0 Å². The summed E-state index contributed by atoms with van der Waals surface area (Å²) < 4.78 is 1.98. The van der Waals surface area contributed by atoms with Gasteiger partial charge < -0.3 is 5.32 Å². The Morgan fingerprint density at radius 1 is 1.41 bits per heavy atom. The van der Waals surface area contributed by atoms with Crippen LogP contribution in [0.4, 0.5) is 0 Å². The van der Waals surface area contributed by atoms with E-state index in [0.29, 0.717) is 6.04 Å². The summed E-state index contributed by atoms with van der Waals surface area (Å²) in [6, 6.07) is 2.75. The van der Waals surface area contributed by atoms with Crippen molar-refractivity contribution in [2.45, 2.75) is 39.4 Å². The fourth-order valence-electron chi connectivity index (χ4n) is 1.55. The third kappa shape index (κ3) is 3.14. The molecule has 0 saturated heterocycles. The van der Waals surface area contributed by atoms with E-state index in [4.69, 9.17) is 0 Å². The lowest BCUT2D eigenvalue weighted by molar-refractivity contribution is 0.511. The van der Waals surface area contributed by atoms with Crippen LogP contribution in [0.15, 0.2) is 23.8 Å². The first kappa shape index (κ1) is 12.3. The van der Waals surface area contributed by atoms with Crippen LogP contribution in [0.5, 0.6) is 0 Å². The van der Waals surface area contributed by atoms with Gasteiger partial charge in [-0.25, -0.2) is 4.98 Å². The number of rotatable bonds is 5. The highest BCUT2D eigenvalue weighted by Crippen LogP contribution is 2.15. The minimum absolute atomic E-state index is 0.277. The summed E-state index contributed by atoms with van der Waals surface area (Å²) in [6.45, 7) is 7.16. The molecule has 0 saturated carbocycles. The van der Waals surface area contributed by atoms with Gasteiger partial charge in [-0.05, 0) is 26.8 Å². The van der Waals surface area contributed by atoms with Gasteiger partial charge in [0, 0.05) is 30.4 Å². The summed E-state index contributed by atoms with van der Waals surface area (Å²) in [7, 11) is 0. The van der Waals surface area contributed by atoms with Crippen LogP contribution >= 0.6 is 11.3 Å². The molecule has 2 rings (SSSR count). The molecule has 2 aromatic rings. The number of hydrogen-bond donors (Lipinski definition) is 1. The number of aromatic nitrogens is 3. The molecule has 17 heavy (non-hydrogen) atoms. The number of thiazole rings is 1. The maximum atomic E-state index is 4.50. The Kier molecular flexibility index (Phi) is 3.91. The molecule has 1 unspecified atom stereocenters. The molecular formula is C12H18N4S. The molecule has 2 heterocycles. The molecule has 0 fully saturated rings. The second-order valence-electron chi connectivity index (χ2n) is 4.35. The molecule has 0 amide bonds. The first-order valence-electron chi connectivity index (χ1n) is 5.83. The van der Waals surface area contributed by atoms with Gasteiger partial charge in [-0.1, -0.05) is 0 Å². The molecule has 0 aliphatic heterocycles. The topological polar surface area (TPSA) is 42.7 Å². The van der Waals surface area contributed by atoms with Gasteiger partial charge >= 0.3 is 0 Å². The van der Waals surface area contributed by atoms with Crippen LogP contribution in [0.1, 0.15) is 43.6 Å². The third-order valence-corrected chi connectivity index (χ3v) is 3.56. The smallest absolute Gasteiger partial charge is 0.109 e. The highest BCUT2D eigenvalue weighted by atomic mass is 32.1. The fraction of sp³-hybridized carbons (Fsp3) is 0.500. The molecule has 0 radical (unpaired) electrons. The molecule has 0 spiro atoms. The number of nitrogens with one attached hydrogen (secondary N) is 1. The molecule has 1 atom stereocenters. The van der Waals surface area contributed by atoms with Crippen molar-refractivity contribution in [3.05, 3.63) is 34.5 Å². The number of hydrogen-bond acceptors (Lipinski definition) is 4. The number of nitrogens with zero attached hydrogens (tertiary/aromatic N) is 3. The Morgan fingerprint density at radius 2 is 2.24 bits per heavy atom. The molecule has 2 aromatic heterocycles. The van der Waals surface area contributed by atoms with Crippen molar-refractivity contribution in [2.75, 3.05) is 0 Å². The van der Waals surface area contributed by atoms with E-state index in [0.717, 1.165) is 17.2 Å². The zero-order valence-electron chi connectivity index (χ0n) is 10.4. The summed E-state index contributed by atoms with van der Waals surface area (Å²) in [4.78, 5) is 4.29. The van der Waals surface area contributed by atoms with Crippen molar-refractivity contribution >= 4 is 11.3 Å². The lowest BCUT2D eigenvalue weighted by Gasteiger charge is -2.09. The molecule has 1 N–H and O–H groups in total. The van der Waals surface area contributed by atoms with Crippen molar-refractivity contribution in [1.82, 2.24) is 20.1 Å². The average Bonchev–Trinajstić information content (AvgIpc) is 2.97. The molecular weight excluding hydrogens is 232 g/mol. The van der Waals surface area contributed by atoms with Crippen LogP contribution in [0, 0.1) is 0 Å². The van der Waals surface area contributed by atoms with Gasteiger partial charge in [0.15, 0.2) is 0 Å². The van der Waals surface area contributed by atoms with Gasteiger partial charge in [0.1, 0.15) is 5.01 Å². The zero-order chi connectivity index (χ0) is 12.3. The SMILES string of the molecule is CC(NCc1ccn(C(C)C)n1)c1nccs1. The molecule has 0 bridgehead atoms. The summed E-state index contributed by atoms with van der Waals surface area (Å²) >= 11 is 1.68. The van der Waals surface area contributed by atoms with E-state index in [2.05, 4.69) is 42.2 Å². The molecule has 0 aliphatic rings. The Labute approximate surface area is 106 Å². The summed E-state index contributed by atoms with van der Waals surface area (Å²) in [5, 5.41) is 11.0. The minimum atomic E-state index is 0.277. The largest absolute Gasteiger partial charge is 0.302 e. The second kappa shape index (κ2) is 5.42. The summed E-state index contributed by atoms with van der Waals surface area (Å²) in [6.07, 6.45) is 3.86. The molecule has 0 aliphatic carbocycles. The normalized spacial score (nSPS) is 13.2. The van der Waals surface area contributed by atoms with Gasteiger partial charge in [-0.3, -0.25) is 4.68 Å². The van der Waals surface area contributed by atoms with Crippen molar-refractivity contribution in [2.24, 2.45) is 0 Å². The third-order valence-electron chi connectivity index (χ3n) is 2.60. The first-order valence-corrected chi connectivity index (χ1v) is 6.71. The van der Waals surface area contributed by atoms with E-state index in [9.17, 15) is 0 Å². The fourth-order valence-corrected chi connectivity index (χ4v) is 2.22. The van der Waals surface area contributed by atoms with Crippen LogP contribution in [-0.4, -0.2) is 14.8 Å². The second-order valence-corrected chi connectivity index (χ2v) is 5.28. The highest BCUT2D eigenvalue weighted by molar-refractivity contribution is 7.09. The van der Waals surface area contributed by atoms with Crippen LogP contribution in [0.3, 0.4) is 0 Å². The summed E-state index contributed by atoms with van der Waals surface area (Å²) in [5.41, 5.74) is 1.07. The van der Waals surface area contributed by atoms with Crippen LogP contribution < -0.4 is 5.32 Å². The molecule has 5 heteroatoms. The Morgan fingerprint density at radius 3 is 2.82 bits per heavy atom. The van der Waals surface area contributed by atoms with E-state index < -0.39 is 0 Å². The lowest BCUT2D eigenvalue weighted by atomic mass is 10.3. The van der Waals surface area contributed by atoms with E-state index in [1.165, 1.54) is 0 Å². The average molecular weight is 250 g/mol. The maximum absolute atomic E-state index is 4.50. The van der Waals surface area contributed by atoms with Gasteiger partial charge in [0.05, 0.1) is 11.7 Å². The quantitative estimate of drug-likeness (QED) is 0.887. The molecule has 4 nitrogen and oxygen atoms in total. The van der Waals surface area contributed by atoms with Gasteiger partial charge in [-0.2, -0.15) is 5.10 Å².